The van der Waals surface area contributed by atoms with E-state index in [0.717, 1.165) is 19.5 Å². The lowest BCUT2D eigenvalue weighted by molar-refractivity contribution is 0.0509. The number of rotatable bonds is 4. The smallest absolute Gasteiger partial charge is 0.223 e. The van der Waals surface area contributed by atoms with Crippen molar-refractivity contribution in [3.8, 4) is 0 Å². The van der Waals surface area contributed by atoms with Crippen LogP contribution in [0.4, 0.5) is 0 Å². The zero-order valence-electron chi connectivity index (χ0n) is 7.86. The lowest BCUT2D eigenvalue weighted by Gasteiger charge is -2.08. The number of ether oxygens (including phenoxy) is 1. The Labute approximate surface area is 82.2 Å². The number of carbonyl (C=O) groups excluding carboxylic acids is 1. The van der Waals surface area contributed by atoms with Gasteiger partial charge < -0.3 is 14.5 Å². The van der Waals surface area contributed by atoms with E-state index in [1.54, 1.807) is 12.1 Å². The molecule has 1 N–H and O–H groups in total. The van der Waals surface area contributed by atoms with Crippen LogP contribution in [0.5, 0.6) is 0 Å². The molecule has 0 aliphatic carbocycles. The van der Waals surface area contributed by atoms with Crippen LogP contribution in [-0.4, -0.2) is 31.6 Å². The first-order valence-corrected chi connectivity index (χ1v) is 4.75. The van der Waals surface area contributed by atoms with Gasteiger partial charge in [0.15, 0.2) is 5.76 Å². The summed E-state index contributed by atoms with van der Waals surface area (Å²) >= 11 is 0. The van der Waals surface area contributed by atoms with Crippen molar-refractivity contribution < 1.29 is 13.9 Å². The number of ketones is 1. The quantitative estimate of drug-likeness (QED) is 0.723. The molecule has 2 heterocycles. The summed E-state index contributed by atoms with van der Waals surface area (Å²) in [5.41, 5.74) is 0. The van der Waals surface area contributed by atoms with Gasteiger partial charge in [-0.25, -0.2) is 0 Å². The van der Waals surface area contributed by atoms with Crippen molar-refractivity contribution in [1.82, 2.24) is 5.32 Å². The van der Waals surface area contributed by atoms with Crippen molar-refractivity contribution in [2.45, 2.75) is 12.5 Å². The molecule has 0 aromatic carbocycles. The molecule has 0 unspecified atom stereocenters. The van der Waals surface area contributed by atoms with Gasteiger partial charge in [0.05, 0.1) is 12.4 Å². The number of furan rings is 1. The standard InChI is InChI=1S/C10H13NO3/c12-9(10-2-1-5-13-10)7-14-8-3-4-11-6-8/h1-2,5,8,11H,3-4,6-7H2/t8-/m0/s1. The molecule has 14 heavy (non-hydrogen) atoms. The maximum absolute atomic E-state index is 11.4. The summed E-state index contributed by atoms with van der Waals surface area (Å²) in [4.78, 5) is 11.4. The van der Waals surface area contributed by atoms with Crippen molar-refractivity contribution in [3.63, 3.8) is 0 Å². The third-order valence-corrected chi connectivity index (χ3v) is 2.26. The molecule has 0 amide bonds. The summed E-state index contributed by atoms with van der Waals surface area (Å²) < 4.78 is 10.4. The molecular formula is C10H13NO3. The second kappa shape index (κ2) is 4.39. The molecule has 1 aliphatic heterocycles. The second-order valence-corrected chi connectivity index (χ2v) is 3.33. The monoisotopic (exact) mass is 195 g/mol. The summed E-state index contributed by atoms with van der Waals surface area (Å²) in [6.07, 6.45) is 2.64. The summed E-state index contributed by atoms with van der Waals surface area (Å²) in [5.74, 6) is 0.276. The van der Waals surface area contributed by atoms with Crippen molar-refractivity contribution >= 4 is 5.78 Å². The Morgan fingerprint density at radius 3 is 3.29 bits per heavy atom. The number of nitrogens with one attached hydrogen (secondary N) is 1. The lowest BCUT2D eigenvalue weighted by Crippen LogP contribution is -2.20. The van der Waals surface area contributed by atoms with E-state index in [2.05, 4.69) is 5.32 Å². The first kappa shape index (κ1) is 9.43. The number of hydrogen-bond donors (Lipinski definition) is 1. The fourth-order valence-electron chi connectivity index (χ4n) is 1.47. The summed E-state index contributed by atoms with van der Waals surface area (Å²) in [6, 6.07) is 3.35. The Morgan fingerprint density at radius 2 is 2.64 bits per heavy atom. The molecular weight excluding hydrogens is 182 g/mol. The van der Waals surface area contributed by atoms with Crippen molar-refractivity contribution in [3.05, 3.63) is 24.2 Å². The van der Waals surface area contributed by atoms with Gasteiger partial charge in [-0.15, -0.1) is 0 Å². The zero-order chi connectivity index (χ0) is 9.80. The van der Waals surface area contributed by atoms with Crippen LogP contribution in [0.3, 0.4) is 0 Å². The van der Waals surface area contributed by atoms with Crippen LogP contribution in [0.15, 0.2) is 22.8 Å². The fraction of sp³-hybridized carbons (Fsp3) is 0.500. The highest BCUT2D eigenvalue weighted by Gasteiger charge is 2.17. The van der Waals surface area contributed by atoms with Gasteiger partial charge in [0, 0.05) is 6.54 Å². The molecule has 0 saturated carbocycles. The zero-order valence-corrected chi connectivity index (χ0v) is 7.86. The third-order valence-electron chi connectivity index (χ3n) is 2.26. The minimum absolute atomic E-state index is 0.0955. The maximum atomic E-state index is 11.4. The molecule has 0 bridgehead atoms. The number of hydrogen-bond acceptors (Lipinski definition) is 4. The average Bonchev–Trinajstić information content (AvgIpc) is 2.87. The van der Waals surface area contributed by atoms with Crippen LogP contribution in [0.2, 0.25) is 0 Å². The second-order valence-electron chi connectivity index (χ2n) is 3.33. The summed E-state index contributed by atoms with van der Waals surface area (Å²) in [7, 11) is 0. The molecule has 1 fully saturated rings. The number of Topliss-reactive ketones (excluding diaryl/α,β-unsaturated/α-hetero) is 1. The van der Waals surface area contributed by atoms with E-state index in [1.165, 1.54) is 6.26 Å². The highest BCUT2D eigenvalue weighted by Crippen LogP contribution is 2.06. The molecule has 1 aromatic rings. The van der Waals surface area contributed by atoms with Gasteiger partial charge in [-0.05, 0) is 25.1 Å². The molecule has 76 valence electrons. The molecule has 1 aliphatic rings. The van der Waals surface area contributed by atoms with Gasteiger partial charge in [-0.2, -0.15) is 0 Å². The Kier molecular flexibility index (Phi) is 2.96. The van der Waals surface area contributed by atoms with Gasteiger partial charge in [-0.3, -0.25) is 4.79 Å². The first-order chi connectivity index (χ1) is 6.86. The normalized spacial score (nSPS) is 21.3. The van der Waals surface area contributed by atoms with Crippen molar-refractivity contribution in [2.75, 3.05) is 19.7 Å². The molecule has 4 heteroatoms. The van der Waals surface area contributed by atoms with E-state index in [-0.39, 0.29) is 18.5 Å². The van der Waals surface area contributed by atoms with E-state index in [4.69, 9.17) is 9.15 Å². The molecule has 1 aromatic heterocycles. The molecule has 4 nitrogen and oxygen atoms in total. The average molecular weight is 195 g/mol. The molecule has 1 atom stereocenters. The van der Waals surface area contributed by atoms with Gasteiger partial charge >= 0.3 is 0 Å². The maximum Gasteiger partial charge on any atom is 0.223 e. The Bertz CT molecular complexity index is 288. The van der Waals surface area contributed by atoms with Gasteiger partial charge in [0.1, 0.15) is 6.61 Å². The van der Waals surface area contributed by atoms with E-state index in [0.29, 0.717) is 5.76 Å². The Morgan fingerprint density at radius 1 is 1.71 bits per heavy atom. The largest absolute Gasteiger partial charge is 0.461 e. The topological polar surface area (TPSA) is 51.5 Å². The molecule has 2 rings (SSSR count). The number of carbonyl (C=O) groups is 1. The van der Waals surface area contributed by atoms with E-state index >= 15 is 0 Å². The highest BCUT2D eigenvalue weighted by molar-refractivity contribution is 5.94. The van der Waals surface area contributed by atoms with Crippen LogP contribution in [0.1, 0.15) is 17.0 Å². The minimum atomic E-state index is -0.0955. The summed E-state index contributed by atoms with van der Waals surface area (Å²) in [6.45, 7) is 1.92. The van der Waals surface area contributed by atoms with Crippen LogP contribution in [0.25, 0.3) is 0 Å². The predicted molar refractivity (Wildman–Crippen MR) is 50.3 cm³/mol. The van der Waals surface area contributed by atoms with Crippen LogP contribution >= 0.6 is 0 Å². The highest BCUT2D eigenvalue weighted by atomic mass is 16.5. The predicted octanol–water partition coefficient (Wildman–Crippen LogP) is 0.841. The Hall–Kier alpha value is -1.13. The van der Waals surface area contributed by atoms with Crippen LogP contribution < -0.4 is 5.32 Å². The minimum Gasteiger partial charge on any atom is -0.461 e. The summed E-state index contributed by atoms with van der Waals surface area (Å²) in [5, 5.41) is 3.17. The molecule has 0 spiro atoms. The SMILES string of the molecule is O=C(CO[C@H]1CCNC1)c1ccco1. The molecule has 0 radical (unpaired) electrons. The fourth-order valence-corrected chi connectivity index (χ4v) is 1.47. The third kappa shape index (κ3) is 2.21. The van der Waals surface area contributed by atoms with Crippen LogP contribution in [-0.2, 0) is 4.74 Å². The van der Waals surface area contributed by atoms with Gasteiger partial charge in [0.2, 0.25) is 5.78 Å². The van der Waals surface area contributed by atoms with E-state index in [9.17, 15) is 4.79 Å². The van der Waals surface area contributed by atoms with E-state index < -0.39 is 0 Å². The van der Waals surface area contributed by atoms with Crippen LogP contribution in [0, 0.1) is 0 Å². The molecule has 1 saturated heterocycles. The van der Waals surface area contributed by atoms with Crippen molar-refractivity contribution in [2.24, 2.45) is 0 Å². The van der Waals surface area contributed by atoms with Gasteiger partial charge in [0.25, 0.3) is 0 Å². The lowest BCUT2D eigenvalue weighted by atomic mass is 10.3. The van der Waals surface area contributed by atoms with Crippen molar-refractivity contribution in [1.29, 1.82) is 0 Å². The Balaban J connectivity index is 1.78. The van der Waals surface area contributed by atoms with Gasteiger partial charge in [-0.1, -0.05) is 0 Å². The first-order valence-electron chi connectivity index (χ1n) is 4.75. The van der Waals surface area contributed by atoms with E-state index in [1.807, 2.05) is 0 Å².